The first-order valence-corrected chi connectivity index (χ1v) is 6.88. The van der Waals surface area contributed by atoms with Crippen molar-refractivity contribution in [1.82, 2.24) is 0 Å². The molecule has 1 aromatic carbocycles. The van der Waals surface area contributed by atoms with Crippen molar-refractivity contribution in [2.75, 3.05) is 42.2 Å². The molecule has 0 aromatic heterocycles. The van der Waals surface area contributed by atoms with Crippen LogP contribution in [-0.4, -0.2) is 48.1 Å². The van der Waals surface area contributed by atoms with Crippen LogP contribution in [0.25, 0.3) is 6.08 Å². The highest BCUT2D eigenvalue weighted by Gasteiger charge is 2.27. The number of methoxy groups -OCH3 is 5. The SMILES string of the molecule is CCOC(=O)C=Cc1c(OC)c(OC)c(OC)c(OC)c1OC. The van der Waals surface area contributed by atoms with Crippen LogP contribution in [0.5, 0.6) is 28.7 Å². The minimum absolute atomic E-state index is 0.284. The van der Waals surface area contributed by atoms with E-state index in [1.54, 1.807) is 6.92 Å². The first kappa shape index (κ1) is 18.5. The summed E-state index contributed by atoms with van der Waals surface area (Å²) in [5.74, 6) is 1.21. The lowest BCUT2D eigenvalue weighted by Gasteiger charge is -2.20. The highest BCUT2D eigenvalue weighted by atomic mass is 16.6. The van der Waals surface area contributed by atoms with Crippen LogP contribution in [0.3, 0.4) is 0 Å². The zero-order valence-electron chi connectivity index (χ0n) is 14.2. The van der Waals surface area contributed by atoms with Crippen molar-refractivity contribution in [3.8, 4) is 28.7 Å². The van der Waals surface area contributed by atoms with Gasteiger partial charge in [-0.3, -0.25) is 0 Å². The van der Waals surface area contributed by atoms with E-state index in [9.17, 15) is 4.79 Å². The average Bonchev–Trinajstić information content (AvgIpc) is 2.57. The Morgan fingerprint density at radius 1 is 0.783 bits per heavy atom. The lowest BCUT2D eigenvalue weighted by Crippen LogP contribution is -2.04. The molecule has 0 amide bonds. The lowest BCUT2D eigenvalue weighted by atomic mass is 10.1. The van der Waals surface area contributed by atoms with Gasteiger partial charge in [-0.1, -0.05) is 0 Å². The molecular formula is C16H22O7. The summed E-state index contributed by atoms with van der Waals surface area (Å²) >= 11 is 0. The van der Waals surface area contributed by atoms with E-state index in [4.69, 9.17) is 28.4 Å². The van der Waals surface area contributed by atoms with E-state index in [1.807, 2.05) is 0 Å². The number of carbonyl (C=O) groups is 1. The van der Waals surface area contributed by atoms with Crippen molar-refractivity contribution < 1.29 is 33.2 Å². The van der Waals surface area contributed by atoms with Crippen LogP contribution < -0.4 is 23.7 Å². The van der Waals surface area contributed by atoms with E-state index in [0.29, 0.717) is 34.3 Å². The zero-order valence-corrected chi connectivity index (χ0v) is 14.2. The molecule has 0 aliphatic carbocycles. The Labute approximate surface area is 135 Å². The van der Waals surface area contributed by atoms with Crippen molar-refractivity contribution in [2.45, 2.75) is 6.92 Å². The van der Waals surface area contributed by atoms with Crippen molar-refractivity contribution in [3.05, 3.63) is 11.6 Å². The molecular weight excluding hydrogens is 304 g/mol. The van der Waals surface area contributed by atoms with Gasteiger partial charge in [-0.25, -0.2) is 4.79 Å². The molecule has 0 saturated carbocycles. The summed E-state index contributed by atoms with van der Waals surface area (Å²) in [6.45, 7) is 2.01. The van der Waals surface area contributed by atoms with Crippen LogP contribution in [0.1, 0.15) is 12.5 Å². The largest absolute Gasteiger partial charge is 0.492 e. The summed E-state index contributed by atoms with van der Waals surface area (Å²) in [7, 11) is 7.39. The molecule has 23 heavy (non-hydrogen) atoms. The number of benzene rings is 1. The van der Waals surface area contributed by atoms with Gasteiger partial charge in [-0.15, -0.1) is 0 Å². The van der Waals surface area contributed by atoms with Gasteiger partial charge in [0.05, 0.1) is 47.7 Å². The average molecular weight is 326 g/mol. The number of carbonyl (C=O) groups excluding carboxylic acids is 1. The summed E-state index contributed by atoms with van der Waals surface area (Å²) in [5.41, 5.74) is 0.470. The fourth-order valence-electron chi connectivity index (χ4n) is 2.11. The maximum atomic E-state index is 11.6. The molecule has 0 radical (unpaired) electrons. The van der Waals surface area contributed by atoms with Crippen LogP contribution in [-0.2, 0) is 9.53 Å². The summed E-state index contributed by atoms with van der Waals surface area (Å²) in [4.78, 5) is 11.6. The predicted molar refractivity (Wildman–Crippen MR) is 84.9 cm³/mol. The molecule has 0 aliphatic heterocycles. The third-order valence-corrected chi connectivity index (χ3v) is 3.01. The molecule has 0 spiro atoms. The monoisotopic (exact) mass is 326 g/mol. The standard InChI is InChI=1S/C16H22O7/c1-7-23-11(17)9-8-10-12(18-2)14(20-4)16(22-6)15(21-5)13(10)19-3/h8-9H,7H2,1-6H3. The second kappa shape index (κ2) is 8.77. The van der Waals surface area contributed by atoms with Crippen molar-refractivity contribution in [2.24, 2.45) is 0 Å². The smallest absolute Gasteiger partial charge is 0.330 e. The number of ether oxygens (including phenoxy) is 6. The van der Waals surface area contributed by atoms with E-state index >= 15 is 0 Å². The first-order chi connectivity index (χ1) is 11.1. The number of esters is 1. The maximum Gasteiger partial charge on any atom is 0.330 e. The third kappa shape index (κ3) is 3.80. The van der Waals surface area contributed by atoms with E-state index in [1.165, 1.54) is 47.7 Å². The normalized spacial score (nSPS) is 10.3. The fraction of sp³-hybridized carbons (Fsp3) is 0.438. The molecule has 128 valence electrons. The molecule has 0 aliphatic rings. The lowest BCUT2D eigenvalue weighted by molar-refractivity contribution is -0.137. The highest BCUT2D eigenvalue weighted by molar-refractivity contribution is 5.90. The molecule has 1 rings (SSSR count). The number of hydrogen-bond donors (Lipinski definition) is 0. The molecule has 7 heteroatoms. The van der Waals surface area contributed by atoms with Crippen molar-refractivity contribution in [1.29, 1.82) is 0 Å². The van der Waals surface area contributed by atoms with Crippen molar-refractivity contribution in [3.63, 3.8) is 0 Å². The van der Waals surface area contributed by atoms with Crippen molar-refractivity contribution >= 4 is 12.0 Å². The van der Waals surface area contributed by atoms with Crippen LogP contribution >= 0.6 is 0 Å². The molecule has 0 bridgehead atoms. The first-order valence-electron chi connectivity index (χ1n) is 6.88. The van der Waals surface area contributed by atoms with Gasteiger partial charge in [0.2, 0.25) is 17.2 Å². The number of rotatable bonds is 8. The van der Waals surface area contributed by atoms with E-state index < -0.39 is 5.97 Å². The summed E-state index contributed by atoms with van der Waals surface area (Å²) in [6.07, 6.45) is 2.79. The summed E-state index contributed by atoms with van der Waals surface area (Å²) in [5, 5.41) is 0. The predicted octanol–water partition coefficient (Wildman–Crippen LogP) is 2.31. The Morgan fingerprint density at radius 3 is 1.52 bits per heavy atom. The topological polar surface area (TPSA) is 72.5 Å². The van der Waals surface area contributed by atoms with Gasteiger partial charge in [0.1, 0.15) is 0 Å². The zero-order chi connectivity index (χ0) is 17.4. The van der Waals surface area contributed by atoms with Gasteiger partial charge in [0, 0.05) is 6.08 Å². The molecule has 7 nitrogen and oxygen atoms in total. The van der Waals surface area contributed by atoms with Crippen LogP contribution in [0.15, 0.2) is 6.08 Å². The van der Waals surface area contributed by atoms with E-state index in [-0.39, 0.29) is 6.61 Å². The second-order valence-corrected chi connectivity index (χ2v) is 4.17. The molecule has 0 saturated heterocycles. The number of hydrogen-bond acceptors (Lipinski definition) is 7. The molecule has 0 fully saturated rings. The Balaban J connectivity index is 3.61. The van der Waals surface area contributed by atoms with E-state index in [2.05, 4.69) is 0 Å². The van der Waals surface area contributed by atoms with Gasteiger partial charge in [-0.2, -0.15) is 0 Å². The maximum absolute atomic E-state index is 11.6. The Morgan fingerprint density at radius 2 is 1.17 bits per heavy atom. The Bertz CT molecular complexity index is 545. The quantitative estimate of drug-likeness (QED) is 0.536. The van der Waals surface area contributed by atoms with Gasteiger partial charge in [0.15, 0.2) is 11.5 Å². The van der Waals surface area contributed by atoms with Crippen LogP contribution in [0.4, 0.5) is 0 Å². The van der Waals surface area contributed by atoms with E-state index in [0.717, 1.165) is 0 Å². The Kier molecular flexibility index (Phi) is 7.05. The summed E-state index contributed by atoms with van der Waals surface area (Å²) < 4.78 is 31.7. The second-order valence-electron chi connectivity index (χ2n) is 4.17. The molecule has 1 aromatic rings. The highest BCUT2D eigenvalue weighted by Crippen LogP contribution is 2.53. The van der Waals surface area contributed by atoms with Crippen LogP contribution in [0, 0.1) is 0 Å². The van der Waals surface area contributed by atoms with Crippen LogP contribution in [0.2, 0.25) is 0 Å². The van der Waals surface area contributed by atoms with Gasteiger partial charge in [0.25, 0.3) is 0 Å². The van der Waals surface area contributed by atoms with Gasteiger partial charge < -0.3 is 28.4 Å². The molecule has 0 atom stereocenters. The third-order valence-electron chi connectivity index (χ3n) is 3.01. The molecule has 0 N–H and O–H groups in total. The van der Waals surface area contributed by atoms with Gasteiger partial charge >= 0.3 is 5.97 Å². The minimum atomic E-state index is -0.481. The molecule has 0 heterocycles. The summed E-state index contributed by atoms with van der Waals surface area (Å²) in [6, 6.07) is 0. The Hall–Kier alpha value is -2.57. The minimum Gasteiger partial charge on any atom is -0.492 e. The van der Waals surface area contributed by atoms with Gasteiger partial charge in [-0.05, 0) is 13.0 Å². The molecule has 0 unspecified atom stereocenters. The fourth-order valence-corrected chi connectivity index (χ4v) is 2.11.